The molecule has 2 aromatic carbocycles. The van der Waals surface area contributed by atoms with E-state index in [1.807, 2.05) is 0 Å². The molecule has 196 valence electrons. The molecule has 0 amide bonds. The standard InChI is InChI=1S/C35H50O/c1-4-7-29-16-20-34-32(23-29)18-19-33-24-30(17-21-35(33)34)15-14-28-12-10-27(11-13-28)8-5-6-9-31(25-36)22-26(2)3/h16-17,20-21,23-24,27-28,31,36H,2,4-15,18-19,22,25H2,1,3H3. The predicted octanol–water partition coefficient (Wildman–Crippen LogP) is 9.28. The molecule has 1 atom stereocenters. The van der Waals surface area contributed by atoms with Gasteiger partial charge in [0.25, 0.3) is 0 Å². The first-order valence-corrected chi connectivity index (χ1v) is 15.0. The van der Waals surface area contributed by atoms with Crippen LogP contribution in [0.3, 0.4) is 0 Å². The summed E-state index contributed by atoms with van der Waals surface area (Å²) in [6.07, 6.45) is 19.3. The van der Waals surface area contributed by atoms with Crippen molar-refractivity contribution in [3.8, 4) is 11.1 Å². The molecule has 1 nitrogen and oxygen atoms in total. The largest absolute Gasteiger partial charge is 0.396 e. The Labute approximate surface area is 221 Å². The number of hydrogen-bond acceptors (Lipinski definition) is 1. The maximum absolute atomic E-state index is 9.57. The Morgan fingerprint density at radius 1 is 0.861 bits per heavy atom. The van der Waals surface area contributed by atoms with Crippen LogP contribution < -0.4 is 0 Å². The molecule has 0 saturated heterocycles. The Hall–Kier alpha value is -1.86. The molecular weight excluding hydrogens is 436 g/mol. The number of aliphatic hydroxyl groups is 1. The second-order valence-electron chi connectivity index (χ2n) is 12.2. The van der Waals surface area contributed by atoms with E-state index in [2.05, 4.69) is 56.8 Å². The highest BCUT2D eigenvalue weighted by molar-refractivity contribution is 5.73. The van der Waals surface area contributed by atoms with Gasteiger partial charge in [-0.2, -0.15) is 0 Å². The molecule has 2 aromatic rings. The van der Waals surface area contributed by atoms with Crippen LogP contribution >= 0.6 is 0 Å². The number of unbranched alkanes of at least 4 members (excludes halogenated alkanes) is 1. The Bertz CT molecular complexity index is 978. The van der Waals surface area contributed by atoms with Gasteiger partial charge in [-0.3, -0.25) is 0 Å². The third kappa shape index (κ3) is 7.58. The van der Waals surface area contributed by atoms with E-state index >= 15 is 0 Å². The summed E-state index contributed by atoms with van der Waals surface area (Å²) >= 11 is 0. The minimum atomic E-state index is 0.315. The summed E-state index contributed by atoms with van der Waals surface area (Å²) in [6, 6.07) is 14.5. The third-order valence-electron chi connectivity index (χ3n) is 9.01. The molecule has 1 saturated carbocycles. The SMILES string of the molecule is C=C(C)CC(CO)CCCCC1CCC(CCc2ccc3c(c2)CCc2cc(CCC)ccc2-3)CC1. The van der Waals surface area contributed by atoms with Crippen molar-refractivity contribution in [2.75, 3.05) is 6.61 Å². The maximum Gasteiger partial charge on any atom is 0.0462 e. The number of rotatable bonds is 13. The summed E-state index contributed by atoms with van der Waals surface area (Å²) in [6.45, 7) is 8.67. The number of fused-ring (bicyclic) bond motifs is 3. The van der Waals surface area contributed by atoms with E-state index in [-0.39, 0.29) is 0 Å². The van der Waals surface area contributed by atoms with Gasteiger partial charge in [0.1, 0.15) is 0 Å². The summed E-state index contributed by atoms with van der Waals surface area (Å²) in [5.74, 6) is 2.29. The first-order chi connectivity index (χ1) is 17.6. The number of allylic oxidation sites excluding steroid dienone is 1. The number of aryl methyl sites for hydroxylation is 4. The van der Waals surface area contributed by atoms with E-state index in [1.165, 1.54) is 106 Å². The predicted molar refractivity (Wildman–Crippen MR) is 156 cm³/mol. The normalized spacial score (nSPS) is 20.0. The lowest BCUT2D eigenvalue weighted by molar-refractivity contribution is 0.210. The van der Waals surface area contributed by atoms with Crippen LogP contribution in [0.15, 0.2) is 48.6 Å². The molecule has 1 heteroatoms. The Kier molecular flexibility index (Phi) is 10.3. The van der Waals surface area contributed by atoms with Gasteiger partial charge in [0.05, 0.1) is 0 Å². The molecule has 0 spiro atoms. The van der Waals surface area contributed by atoms with Crippen LogP contribution in [0.5, 0.6) is 0 Å². The summed E-state index contributed by atoms with van der Waals surface area (Å²) < 4.78 is 0. The topological polar surface area (TPSA) is 20.2 Å². The zero-order chi connectivity index (χ0) is 25.3. The van der Waals surface area contributed by atoms with E-state index in [4.69, 9.17) is 0 Å². The van der Waals surface area contributed by atoms with Gasteiger partial charge in [-0.05, 0) is 103 Å². The molecular formula is C35H50O. The second kappa shape index (κ2) is 13.6. The molecule has 2 aliphatic carbocycles. The molecule has 1 fully saturated rings. The Balaban J connectivity index is 1.18. The number of hydrogen-bond donors (Lipinski definition) is 1. The van der Waals surface area contributed by atoms with Gasteiger partial charge < -0.3 is 5.11 Å². The zero-order valence-corrected chi connectivity index (χ0v) is 23.2. The van der Waals surface area contributed by atoms with Gasteiger partial charge in [-0.15, -0.1) is 6.58 Å². The van der Waals surface area contributed by atoms with Crippen LogP contribution in [-0.2, 0) is 25.7 Å². The van der Waals surface area contributed by atoms with Crippen LogP contribution in [0.1, 0.15) is 107 Å². The average molecular weight is 487 g/mol. The van der Waals surface area contributed by atoms with E-state index in [1.54, 1.807) is 16.7 Å². The smallest absolute Gasteiger partial charge is 0.0462 e. The Morgan fingerprint density at radius 3 is 2.00 bits per heavy atom. The molecule has 2 aliphatic rings. The quantitative estimate of drug-likeness (QED) is 0.221. The number of benzene rings is 2. The highest BCUT2D eigenvalue weighted by Gasteiger charge is 2.22. The summed E-state index contributed by atoms with van der Waals surface area (Å²) in [4.78, 5) is 0. The van der Waals surface area contributed by atoms with Gasteiger partial charge in [0.2, 0.25) is 0 Å². The molecule has 36 heavy (non-hydrogen) atoms. The lowest BCUT2D eigenvalue weighted by atomic mass is 9.77. The van der Waals surface area contributed by atoms with Crippen molar-refractivity contribution in [3.63, 3.8) is 0 Å². The molecule has 0 radical (unpaired) electrons. The lowest BCUT2D eigenvalue weighted by Gasteiger charge is -2.29. The van der Waals surface area contributed by atoms with E-state index in [9.17, 15) is 5.11 Å². The third-order valence-corrected chi connectivity index (χ3v) is 9.01. The van der Waals surface area contributed by atoms with Crippen molar-refractivity contribution in [3.05, 3.63) is 70.8 Å². The van der Waals surface area contributed by atoms with Crippen molar-refractivity contribution in [1.29, 1.82) is 0 Å². The summed E-state index contributed by atoms with van der Waals surface area (Å²) in [7, 11) is 0. The minimum Gasteiger partial charge on any atom is -0.396 e. The fraction of sp³-hybridized carbons (Fsp3) is 0.600. The lowest BCUT2D eigenvalue weighted by Crippen LogP contribution is -2.15. The molecule has 0 heterocycles. The Morgan fingerprint density at radius 2 is 1.44 bits per heavy atom. The molecule has 1 unspecified atom stereocenters. The van der Waals surface area contributed by atoms with E-state index in [0.717, 1.165) is 24.7 Å². The van der Waals surface area contributed by atoms with Gasteiger partial charge in [0.15, 0.2) is 0 Å². The van der Waals surface area contributed by atoms with Crippen molar-refractivity contribution >= 4 is 0 Å². The highest BCUT2D eigenvalue weighted by atomic mass is 16.3. The first-order valence-electron chi connectivity index (χ1n) is 15.0. The minimum absolute atomic E-state index is 0.315. The maximum atomic E-state index is 9.57. The number of aliphatic hydroxyl groups excluding tert-OH is 1. The molecule has 1 N–H and O–H groups in total. The van der Waals surface area contributed by atoms with Gasteiger partial charge in [-0.1, -0.05) is 100 Å². The molecule has 4 rings (SSSR count). The fourth-order valence-electron chi connectivity index (χ4n) is 6.90. The fourth-order valence-corrected chi connectivity index (χ4v) is 6.90. The first kappa shape index (κ1) is 27.2. The molecule has 0 aromatic heterocycles. The average Bonchev–Trinajstić information content (AvgIpc) is 2.89. The van der Waals surface area contributed by atoms with Gasteiger partial charge in [0, 0.05) is 6.61 Å². The van der Waals surface area contributed by atoms with Crippen LogP contribution in [0.4, 0.5) is 0 Å². The van der Waals surface area contributed by atoms with Crippen LogP contribution in [0.2, 0.25) is 0 Å². The van der Waals surface area contributed by atoms with Crippen molar-refractivity contribution in [2.24, 2.45) is 17.8 Å². The zero-order valence-electron chi connectivity index (χ0n) is 23.2. The van der Waals surface area contributed by atoms with Gasteiger partial charge >= 0.3 is 0 Å². The second-order valence-corrected chi connectivity index (χ2v) is 12.2. The van der Waals surface area contributed by atoms with Crippen LogP contribution in [0, 0.1) is 17.8 Å². The molecule has 0 bridgehead atoms. The van der Waals surface area contributed by atoms with E-state index in [0.29, 0.717) is 12.5 Å². The van der Waals surface area contributed by atoms with Crippen LogP contribution in [0.25, 0.3) is 11.1 Å². The summed E-state index contributed by atoms with van der Waals surface area (Å²) in [5, 5.41) is 9.57. The van der Waals surface area contributed by atoms with Crippen molar-refractivity contribution in [1.82, 2.24) is 0 Å². The van der Waals surface area contributed by atoms with Crippen LogP contribution in [-0.4, -0.2) is 11.7 Å². The van der Waals surface area contributed by atoms with E-state index < -0.39 is 0 Å². The van der Waals surface area contributed by atoms with Gasteiger partial charge in [-0.25, -0.2) is 0 Å². The van der Waals surface area contributed by atoms with Crippen molar-refractivity contribution < 1.29 is 5.11 Å². The monoisotopic (exact) mass is 486 g/mol. The van der Waals surface area contributed by atoms with Crippen molar-refractivity contribution in [2.45, 2.75) is 110 Å². The summed E-state index contributed by atoms with van der Waals surface area (Å²) in [5.41, 5.74) is 10.3. The molecule has 0 aliphatic heterocycles. The highest BCUT2D eigenvalue weighted by Crippen LogP contribution is 2.37.